The zero-order chi connectivity index (χ0) is 13.8. The number of rotatable bonds is 5. The second kappa shape index (κ2) is 5.89. The Balaban J connectivity index is 2.33. The standard InChI is InChI=1S/C15H20N2O2/c1-11(2)15-16-6-7-17(15)9-13-8-12(10-18)4-5-14(13)19-3/h4-8,11,18H,9-10H2,1-3H3. The molecule has 1 aromatic heterocycles. The van der Waals surface area contributed by atoms with Gasteiger partial charge in [0, 0.05) is 23.9 Å². The van der Waals surface area contributed by atoms with Crippen molar-refractivity contribution in [2.75, 3.05) is 7.11 Å². The molecule has 0 saturated heterocycles. The maximum atomic E-state index is 9.23. The number of aliphatic hydroxyl groups is 1. The molecule has 102 valence electrons. The molecule has 0 bridgehead atoms. The number of hydrogen-bond donors (Lipinski definition) is 1. The predicted molar refractivity (Wildman–Crippen MR) is 74.3 cm³/mol. The molecule has 0 aliphatic carbocycles. The van der Waals surface area contributed by atoms with E-state index in [0.717, 1.165) is 22.7 Å². The predicted octanol–water partition coefficient (Wildman–Crippen LogP) is 2.56. The normalized spacial score (nSPS) is 11.0. The monoisotopic (exact) mass is 260 g/mol. The van der Waals surface area contributed by atoms with E-state index in [1.165, 1.54) is 0 Å². The lowest BCUT2D eigenvalue weighted by atomic mass is 10.1. The van der Waals surface area contributed by atoms with Gasteiger partial charge in [0.25, 0.3) is 0 Å². The van der Waals surface area contributed by atoms with Gasteiger partial charge in [0.1, 0.15) is 11.6 Å². The summed E-state index contributed by atoms with van der Waals surface area (Å²) in [7, 11) is 1.66. The lowest BCUT2D eigenvalue weighted by molar-refractivity contribution is 0.281. The minimum absolute atomic E-state index is 0.0396. The van der Waals surface area contributed by atoms with E-state index in [0.29, 0.717) is 12.5 Å². The molecule has 0 radical (unpaired) electrons. The van der Waals surface area contributed by atoms with Gasteiger partial charge in [-0.05, 0) is 17.7 Å². The first kappa shape index (κ1) is 13.6. The molecule has 2 rings (SSSR count). The van der Waals surface area contributed by atoms with Crippen LogP contribution in [0.15, 0.2) is 30.6 Å². The fourth-order valence-electron chi connectivity index (χ4n) is 2.19. The molecule has 4 heteroatoms. The first-order valence-corrected chi connectivity index (χ1v) is 6.43. The van der Waals surface area contributed by atoms with Crippen LogP contribution in [0, 0.1) is 0 Å². The van der Waals surface area contributed by atoms with Crippen molar-refractivity contribution in [3.05, 3.63) is 47.5 Å². The maximum Gasteiger partial charge on any atom is 0.123 e. The van der Waals surface area contributed by atoms with Gasteiger partial charge in [-0.25, -0.2) is 4.98 Å². The van der Waals surface area contributed by atoms with Crippen molar-refractivity contribution >= 4 is 0 Å². The highest BCUT2D eigenvalue weighted by atomic mass is 16.5. The molecular weight excluding hydrogens is 240 g/mol. The summed E-state index contributed by atoms with van der Waals surface area (Å²) in [5.41, 5.74) is 1.94. The summed E-state index contributed by atoms with van der Waals surface area (Å²) in [4.78, 5) is 4.38. The van der Waals surface area contributed by atoms with Gasteiger partial charge in [-0.3, -0.25) is 0 Å². The average molecular weight is 260 g/mol. The van der Waals surface area contributed by atoms with Gasteiger partial charge in [0.2, 0.25) is 0 Å². The quantitative estimate of drug-likeness (QED) is 0.898. The Morgan fingerprint density at radius 1 is 1.37 bits per heavy atom. The summed E-state index contributed by atoms with van der Waals surface area (Å²) in [5.74, 6) is 2.26. The molecule has 0 atom stereocenters. The summed E-state index contributed by atoms with van der Waals surface area (Å²) in [6.45, 7) is 4.99. The Kier molecular flexibility index (Phi) is 4.22. The van der Waals surface area contributed by atoms with E-state index in [4.69, 9.17) is 4.74 Å². The third-order valence-corrected chi connectivity index (χ3v) is 3.13. The summed E-state index contributed by atoms with van der Waals surface area (Å²) in [6.07, 6.45) is 3.79. The van der Waals surface area contributed by atoms with Crippen molar-refractivity contribution < 1.29 is 9.84 Å². The number of nitrogens with zero attached hydrogens (tertiary/aromatic N) is 2. The van der Waals surface area contributed by atoms with E-state index < -0.39 is 0 Å². The van der Waals surface area contributed by atoms with Crippen LogP contribution in [0.5, 0.6) is 5.75 Å². The van der Waals surface area contributed by atoms with Gasteiger partial charge in [0.05, 0.1) is 20.3 Å². The van der Waals surface area contributed by atoms with Crippen LogP contribution in [0.2, 0.25) is 0 Å². The molecule has 19 heavy (non-hydrogen) atoms. The molecule has 4 nitrogen and oxygen atoms in total. The Morgan fingerprint density at radius 2 is 2.16 bits per heavy atom. The summed E-state index contributed by atoms with van der Waals surface area (Å²) in [6, 6.07) is 5.75. The van der Waals surface area contributed by atoms with Crippen LogP contribution in [-0.2, 0) is 13.2 Å². The van der Waals surface area contributed by atoms with Crippen molar-refractivity contribution in [2.24, 2.45) is 0 Å². The van der Waals surface area contributed by atoms with Crippen molar-refractivity contribution in [1.82, 2.24) is 9.55 Å². The highest BCUT2D eigenvalue weighted by Gasteiger charge is 2.10. The summed E-state index contributed by atoms with van der Waals surface area (Å²) < 4.78 is 7.49. The molecule has 0 amide bonds. The Hall–Kier alpha value is -1.81. The number of hydrogen-bond acceptors (Lipinski definition) is 3. The van der Waals surface area contributed by atoms with E-state index in [1.54, 1.807) is 7.11 Å². The van der Waals surface area contributed by atoms with E-state index in [2.05, 4.69) is 23.4 Å². The average Bonchev–Trinajstić information content (AvgIpc) is 2.87. The third-order valence-electron chi connectivity index (χ3n) is 3.13. The topological polar surface area (TPSA) is 47.3 Å². The largest absolute Gasteiger partial charge is 0.496 e. The molecule has 0 fully saturated rings. The first-order chi connectivity index (χ1) is 9.15. The molecule has 0 aliphatic rings. The Labute approximate surface area is 113 Å². The van der Waals surface area contributed by atoms with Crippen molar-refractivity contribution in [3.63, 3.8) is 0 Å². The van der Waals surface area contributed by atoms with Crippen LogP contribution >= 0.6 is 0 Å². The Morgan fingerprint density at radius 3 is 2.79 bits per heavy atom. The second-order valence-corrected chi connectivity index (χ2v) is 4.87. The van der Waals surface area contributed by atoms with Crippen molar-refractivity contribution in [1.29, 1.82) is 0 Å². The maximum absolute atomic E-state index is 9.23. The van der Waals surface area contributed by atoms with Crippen LogP contribution in [0.3, 0.4) is 0 Å². The molecule has 1 N–H and O–H groups in total. The van der Waals surface area contributed by atoms with Crippen LogP contribution in [0.1, 0.15) is 36.7 Å². The van der Waals surface area contributed by atoms with Crippen LogP contribution in [-0.4, -0.2) is 21.8 Å². The number of aromatic nitrogens is 2. The fourth-order valence-corrected chi connectivity index (χ4v) is 2.19. The van der Waals surface area contributed by atoms with Crippen LogP contribution < -0.4 is 4.74 Å². The highest BCUT2D eigenvalue weighted by molar-refractivity contribution is 5.37. The van der Waals surface area contributed by atoms with E-state index in [-0.39, 0.29) is 6.61 Å². The van der Waals surface area contributed by atoms with Gasteiger partial charge in [-0.15, -0.1) is 0 Å². The number of aliphatic hydroxyl groups excluding tert-OH is 1. The number of ether oxygens (including phenoxy) is 1. The number of benzene rings is 1. The van der Waals surface area contributed by atoms with E-state index >= 15 is 0 Å². The van der Waals surface area contributed by atoms with Crippen LogP contribution in [0.4, 0.5) is 0 Å². The van der Waals surface area contributed by atoms with Gasteiger partial charge in [-0.2, -0.15) is 0 Å². The fraction of sp³-hybridized carbons (Fsp3) is 0.400. The van der Waals surface area contributed by atoms with Gasteiger partial charge in [-0.1, -0.05) is 19.9 Å². The highest BCUT2D eigenvalue weighted by Crippen LogP contribution is 2.23. The summed E-state index contributed by atoms with van der Waals surface area (Å²) in [5, 5.41) is 9.23. The third kappa shape index (κ3) is 2.96. The zero-order valence-electron chi connectivity index (χ0n) is 11.6. The molecule has 2 aromatic rings. The molecule has 0 aliphatic heterocycles. The molecule has 0 spiro atoms. The molecule has 0 unspecified atom stereocenters. The zero-order valence-corrected chi connectivity index (χ0v) is 11.6. The van der Waals surface area contributed by atoms with Gasteiger partial charge >= 0.3 is 0 Å². The van der Waals surface area contributed by atoms with Crippen molar-refractivity contribution in [3.8, 4) is 5.75 Å². The van der Waals surface area contributed by atoms with E-state index in [1.807, 2.05) is 30.6 Å². The smallest absolute Gasteiger partial charge is 0.123 e. The molecule has 0 saturated carbocycles. The number of imidazole rings is 1. The van der Waals surface area contributed by atoms with Gasteiger partial charge in [0.15, 0.2) is 0 Å². The SMILES string of the molecule is COc1ccc(CO)cc1Cn1ccnc1C(C)C. The first-order valence-electron chi connectivity index (χ1n) is 6.43. The van der Waals surface area contributed by atoms with Crippen LogP contribution in [0.25, 0.3) is 0 Å². The summed E-state index contributed by atoms with van der Waals surface area (Å²) >= 11 is 0. The molecular formula is C15H20N2O2. The second-order valence-electron chi connectivity index (χ2n) is 4.87. The molecule has 1 heterocycles. The Bertz CT molecular complexity index is 547. The minimum atomic E-state index is 0.0396. The molecule has 1 aromatic carbocycles. The lowest BCUT2D eigenvalue weighted by Gasteiger charge is -2.14. The lowest BCUT2D eigenvalue weighted by Crippen LogP contribution is -2.07. The van der Waals surface area contributed by atoms with E-state index in [9.17, 15) is 5.11 Å². The van der Waals surface area contributed by atoms with Gasteiger partial charge < -0.3 is 14.4 Å². The van der Waals surface area contributed by atoms with Crippen molar-refractivity contribution in [2.45, 2.75) is 32.9 Å². The number of methoxy groups -OCH3 is 1. The minimum Gasteiger partial charge on any atom is -0.496 e.